The van der Waals surface area contributed by atoms with Gasteiger partial charge in [0, 0.05) is 31.2 Å². The van der Waals surface area contributed by atoms with E-state index in [0.717, 1.165) is 49.4 Å². The van der Waals surface area contributed by atoms with Gasteiger partial charge in [0.25, 0.3) is 0 Å². The zero-order valence-electron chi connectivity index (χ0n) is 12.5. The Morgan fingerprint density at radius 3 is 2.77 bits per heavy atom. The number of aromatic nitrogens is 2. The fraction of sp³-hybridized carbons (Fsp3) is 0.562. The van der Waals surface area contributed by atoms with Crippen LogP contribution < -0.4 is 10.2 Å². The van der Waals surface area contributed by atoms with Gasteiger partial charge in [-0.2, -0.15) is 0 Å². The molecule has 1 saturated carbocycles. The first-order valence-electron chi connectivity index (χ1n) is 8.05. The van der Waals surface area contributed by atoms with Crippen molar-refractivity contribution in [3.8, 4) is 0 Å². The first-order valence-corrected chi connectivity index (χ1v) is 8.87. The summed E-state index contributed by atoms with van der Waals surface area (Å²) in [6, 6.07) is 2.46. The summed E-state index contributed by atoms with van der Waals surface area (Å²) in [7, 11) is 0. The number of piperidine rings is 1. The third-order valence-electron chi connectivity index (χ3n) is 4.77. The van der Waals surface area contributed by atoms with Crippen LogP contribution in [-0.2, 0) is 4.79 Å². The summed E-state index contributed by atoms with van der Waals surface area (Å²) in [4.78, 5) is 23.3. The van der Waals surface area contributed by atoms with E-state index in [4.69, 9.17) is 0 Å². The molecule has 0 unspecified atom stereocenters. The van der Waals surface area contributed by atoms with E-state index in [1.165, 1.54) is 11.1 Å². The van der Waals surface area contributed by atoms with Crippen molar-refractivity contribution in [2.45, 2.75) is 38.1 Å². The third kappa shape index (κ3) is 2.67. The fourth-order valence-corrected chi connectivity index (χ4v) is 4.09. The predicted molar refractivity (Wildman–Crippen MR) is 88.1 cm³/mol. The molecule has 1 aliphatic carbocycles. The van der Waals surface area contributed by atoms with E-state index in [0.29, 0.717) is 6.04 Å². The second-order valence-electron chi connectivity index (χ2n) is 6.24. The smallest absolute Gasteiger partial charge is 0.223 e. The van der Waals surface area contributed by atoms with Crippen LogP contribution in [0.3, 0.4) is 0 Å². The lowest BCUT2D eigenvalue weighted by Gasteiger charge is -2.33. The van der Waals surface area contributed by atoms with Crippen molar-refractivity contribution in [1.82, 2.24) is 15.3 Å². The number of nitrogens with zero attached hydrogens (tertiary/aromatic N) is 3. The maximum atomic E-state index is 12.2. The van der Waals surface area contributed by atoms with Crippen LogP contribution in [-0.4, -0.2) is 35.0 Å². The standard InChI is InChI=1S/C16H20N4OS/c21-15(18-12-2-1-3-12)11-5-8-20(9-6-11)16-19-13-10-17-7-4-14(13)22-16/h4,7,10-12H,1-3,5-6,8-9H2,(H,18,21). The van der Waals surface area contributed by atoms with Crippen LogP contribution in [0.4, 0.5) is 5.13 Å². The predicted octanol–water partition coefficient (Wildman–Crippen LogP) is 2.58. The maximum Gasteiger partial charge on any atom is 0.223 e. The Kier molecular flexibility index (Phi) is 3.70. The van der Waals surface area contributed by atoms with Crippen molar-refractivity contribution in [3.05, 3.63) is 18.5 Å². The van der Waals surface area contributed by atoms with E-state index in [9.17, 15) is 4.79 Å². The van der Waals surface area contributed by atoms with E-state index in [1.54, 1.807) is 17.5 Å². The number of carbonyl (C=O) groups excluding carboxylic acids is 1. The third-order valence-corrected chi connectivity index (χ3v) is 5.86. The highest BCUT2D eigenvalue weighted by atomic mass is 32.1. The van der Waals surface area contributed by atoms with Gasteiger partial charge >= 0.3 is 0 Å². The van der Waals surface area contributed by atoms with Crippen molar-refractivity contribution in [2.75, 3.05) is 18.0 Å². The molecule has 0 bridgehead atoms. The molecule has 0 spiro atoms. The minimum Gasteiger partial charge on any atom is -0.353 e. The molecule has 0 aromatic carbocycles. The SMILES string of the molecule is O=C(NC1CCC1)C1CCN(c2nc3cnccc3s2)CC1. The van der Waals surface area contributed by atoms with Gasteiger partial charge in [-0.1, -0.05) is 11.3 Å². The molecule has 4 rings (SSSR count). The lowest BCUT2D eigenvalue weighted by atomic mass is 9.90. The van der Waals surface area contributed by atoms with Crippen molar-refractivity contribution >= 4 is 32.6 Å². The number of anilines is 1. The Hall–Kier alpha value is -1.69. The van der Waals surface area contributed by atoms with Crippen LogP contribution in [0.2, 0.25) is 0 Å². The van der Waals surface area contributed by atoms with Gasteiger partial charge in [0.2, 0.25) is 5.91 Å². The van der Waals surface area contributed by atoms with Crippen LogP contribution >= 0.6 is 11.3 Å². The number of nitrogens with one attached hydrogen (secondary N) is 1. The molecular weight excluding hydrogens is 296 g/mol. The molecule has 2 aromatic rings. The zero-order valence-corrected chi connectivity index (χ0v) is 13.3. The average molecular weight is 316 g/mol. The van der Waals surface area contributed by atoms with Gasteiger partial charge in [-0.15, -0.1) is 0 Å². The molecule has 2 fully saturated rings. The quantitative estimate of drug-likeness (QED) is 0.945. The number of rotatable bonds is 3. The number of carbonyl (C=O) groups is 1. The molecule has 2 aromatic heterocycles. The number of pyridine rings is 1. The van der Waals surface area contributed by atoms with Crippen molar-refractivity contribution in [1.29, 1.82) is 0 Å². The molecular formula is C16H20N4OS. The second kappa shape index (κ2) is 5.83. The molecule has 0 radical (unpaired) electrons. The molecule has 2 aliphatic rings. The number of hydrogen-bond acceptors (Lipinski definition) is 5. The van der Waals surface area contributed by atoms with Crippen molar-refractivity contribution in [2.24, 2.45) is 5.92 Å². The summed E-state index contributed by atoms with van der Waals surface area (Å²) in [5, 5.41) is 4.24. The number of thiazole rings is 1. The van der Waals surface area contributed by atoms with Crippen LogP contribution in [0.5, 0.6) is 0 Å². The summed E-state index contributed by atoms with van der Waals surface area (Å²) < 4.78 is 1.18. The monoisotopic (exact) mass is 316 g/mol. The van der Waals surface area contributed by atoms with E-state index in [1.807, 2.05) is 12.3 Å². The van der Waals surface area contributed by atoms with Gasteiger partial charge in [0.05, 0.1) is 10.9 Å². The van der Waals surface area contributed by atoms with Gasteiger partial charge in [-0.05, 0) is 38.2 Å². The molecule has 22 heavy (non-hydrogen) atoms. The lowest BCUT2D eigenvalue weighted by molar-refractivity contribution is -0.126. The fourth-order valence-electron chi connectivity index (χ4n) is 3.11. The van der Waals surface area contributed by atoms with Gasteiger partial charge in [-0.3, -0.25) is 9.78 Å². The first-order chi connectivity index (χ1) is 10.8. The molecule has 1 saturated heterocycles. The van der Waals surface area contributed by atoms with Crippen molar-refractivity contribution < 1.29 is 4.79 Å². The number of fused-ring (bicyclic) bond motifs is 1. The molecule has 3 heterocycles. The Morgan fingerprint density at radius 2 is 2.09 bits per heavy atom. The van der Waals surface area contributed by atoms with Crippen LogP contribution in [0.15, 0.2) is 18.5 Å². The van der Waals surface area contributed by atoms with E-state index in [-0.39, 0.29) is 11.8 Å². The van der Waals surface area contributed by atoms with E-state index in [2.05, 4.69) is 20.2 Å². The highest BCUT2D eigenvalue weighted by Gasteiger charge is 2.29. The molecule has 1 amide bonds. The summed E-state index contributed by atoms with van der Waals surface area (Å²) in [5.41, 5.74) is 0.965. The second-order valence-corrected chi connectivity index (χ2v) is 7.25. The van der Waals surface area contributed by atoms with Crippen molar-refractivity contribution in [3.63, 3.8) is 0 Å². The molecule has 1 aliphatic heterocycles. The van der Waals surface area contributed by atoms with Crippen LogP contribution in [0, 0.1) is 5.92 Å². The topological polar surface area (TPSA) is 58.1 Å². The molecule has 6 heteroatoms. The first kappa shape index (κ1) is 13.9. The number of hydrogen-bond donors (Lipinski definition) is 1. The highest BCUT2D eigenvalue weighted by Crippen LogP contribution is 2.31. The molecule has 116 valence electrons. The average Bonchev–Trinajstić information content (AvgIpc) is 2.95. The minimum atomic E-state index is 0.174. The van der Waals surface area contributed by atoms with Gasteiger partial charge in [-0.25, -0.2) is 4.98 Å². The summed E-state index contributed by atoms with van der Waals surface area (Å²) in [5.74, 6) is 0.436. The van der Waals surface area contributed by atoms with E-state index >= 15 is 0 Å². The lowest BCUT2D eigenvalue weighted by Crippen LogP contribution is -2.46. The van der Waals surface area contributed by atoms with E-state index < -0.39 is 0 Å². The Balaban J connectivity index is 1.37. The van der Waals surface area contributed by atoms with Gasteiger partial charge in [0.1, 0.15) is 5.52 Å². The normalized spacial score (nSPS) is 20.1. The van der Waals surface area contributed by atoms with Crippen LogP contribution in [0.1, 0.15) is 32.1 Å². The van der Waals surface area contributed by atoms with Crippen LogP contribution in [0.25, 0.3) is 10.2 Å². The molecule has 0 atom stereocenters. The summed E-state index contributed by atoms with van der Waals surface area (Å²) in [6.45, 7) is 1.83. The Bertz CT molecular complexity index is 641. The number of amides is 1. The highest BCUT2D eigenvalue weighted by molar-refractivity contribution is 7.22. The maximum absolute atomic E-state index is 12.2. The van der Waals surface area contributed by atoms with Gasteiger partial charge < -0.3 is 10.2 Å². The largest absolute Gasteiger partial charge is 0.353 e. The van der Waals surface area contributed by atoms with Gasteiger partial charge in [0.15, 0.2) is 5.13 Å². The summed E-state index contributed by atoms with van der Waals surface area (Å²) >= 11 is 1.71. The Morgan fingerprint density at radius 1 is 1.27 bits per heavy atom. The minimum absolute atomic E-state index is 0.174. The molecule has 1 N–H and O–H groups in total. The summed E-state index contributed by atoms with van der Waals surface area (Å²) in [6.07, 6.45) is 9.04. The zero-order chi connectivity index (χ0) is 14.9. The Labute approximate surface area is 133 Å². The molecule has 5 nitrogen and oxygen atoms in total.